The van der Waals surface area contributed by atoms with Crippen molar-refractivity contribution in [3.8, 4) is 0 Å². The lowest BCUT2D eigenvalue weighted by molar-refractivity contribution is -0.139. The molecule has 2 aromatic rings. The zero-order valence-electron chi connectivity index (χ0n) is 18.5. The standard InChI is InChI=1S/C27H28INO3/c1-3-4-13-32-27(31)24-17(2)29-22-15-20(18-9-6-5-7-10-18)16-23(30)26(22)25(24)19-11-8-12-21(28)14-19/h5-12,14,20,25,29H,3-4,13,15-16H2,1-2H3. The third-order valence-corrected chi connectivity index (χ3v) is 6.90. The van der Waals surface area contributed by atoms with E-state index in [0.717, 1.165) is 39.8 Å². The van der Waals surface area contributed by atoms with Gasteiger partial charge in [0.2, 0.25) is 0 Å². The van der Waals surface area contributed by atoms with Crippen LogP contribution in [0.25, 0.3) is 0 Å². The molecule has 0 fully saturated rings. The molecule has 4 rings (SSSR count). The minimum Gasteiger partial charge on any atom is -0.462 e. The normalized spacial score (nSPS) is 20.7. The third kappa shape index (κ3) is 4.68. The smallest absolute Gasteiger partial charge is 0.336 e. The molecule has 0 amide bonds. The van der Waals surface area contributed by atoms with Crippen LogP contribution in [0.15, 0.2) is 77.1 Å². The lowest BCUT2D eigenvalue weighted by Gasteiger charge is -2.36. The van der Waals surface area contributed by atoms with E-state index in [1.807, 2.05) is 43.3 Å². The molecule has 1 aliphatic heterocycles. The molecule has 0 saturated heterocycles. The fourth-order valence-corrected chi connectivity index (χ4v) is 5.24. The molecule has 2 aromatic carbocycles. The molecule has 32 heavy (non-hydrogen) atoms. The second-order valence-corrected chi connectivity index (χ2v) is 9.72. The number of ketones is 1. The van der Waals surface area contributed by atoms with Gasteiger partial charge in [0.15, 0.2) is 5.78 Å². The second-order valence-electron chi connectivity index (χ2n) is 8.47. The van der Waals surface area contributed by atoms with E-state index >= 15 is 0 Å². The van der Waals surface area contributed by atoms with Crippen LogP contribution in [0.3, 0.4) is 0 Å². The van der Waals surface area contributed by atoms with Crippen LogP contribution in [-0.2, 0) is 14.3 Å². The van der Waals surface area contributed by atoms with Crippen LogP contribution in [0.5, 0.6) is 0 Å². The maximum absolute atomic E-state index is 13.5. The predicted molar refractivity (Wildman–Crippen MR) is 134 cm³/mol. The SMILES string of the molecule is CCCCOC(=O)C1=C(C)NC2=C(C(=O)CC(c3ccccc3)C2)C1c1cccc(I)c1. The van der Waals surface area contributed by atoms with Gasteiger partial charge < -0.3 is 10.1 Å². The molecule has 0 saturated carbocycles. The summed E-state index contributed by atoms with van der Waals surface area (Å²) in [5.41, 5.74) is 5.10. The first-order chi connectivity index (χ1) is 15.5. The van der Waals surface area contributed by atoms with Crippen LogP contribution < -0.4 is 5.32 Å². The largest absolute Gasteiger partial charge is 0.462 e. The van der Waals surface area contributed by atoms with E-state index in [2.05, 4.69) is 53.0 Å². The van der Waals surface area contributed by atoms with Gasteiger partial charge in [0.1, 0.15) is 0 Å². The van der Waals surface area contributed by atoms with Gasteiger partial charge in [-0.3, -0.25) is 4.79 Å². The number of dihydropyridines is 1. The number of halogens is 1. The Kier molecular flexibility index (Phi) is 7.13. The van der Waals surface area contributed by atoms with Crippen LogP contribution in [-0.4, -0.2) is 18.4 Å². The van der Waals surface area contributed by atoms with E-state index < -0.39 is 5.92 Å². The lowest BCUT2D eigenvalue weighted by atomic mass is 9.72. The summed E-state index contributed by atoms with van der Waals surface area (Å²) >= 11 is 2.27. The number of carbonyl (C=O) groups is 2. The lowest BCUT2D eigenvalue weighted by Crippen LogP contribution is -2.36. The first-order valence-electron chi connectivity index (χ1n) is 11.2. The molecular formula is C27H28INO3. The van der Waals surface area contributed by atoms with Crippen molar-refractivity contribution in [3.63, 3.8) is 0 Å². The van der Waals surface area contributed by atoms with Gasteiger partial charge in [-0.15, -0.1) is 0 Å². The number of Topliss-reactive ketones (excluding diaryl/α,β-unsaturated/α-hetero) is 1. The average molecular weight is 541 g/mol. The molecule has 0 radical (unpaired) electrons. The van der Waals surface area contributed by atoms with Gasteiger partial charge in [-0.05, 0) is 71.5 Å². The molecule has 0 spiro atoms. The van der Waals surface area contributed by atoms with Crippen molar-refractivity contribution in [2.45, 2.75) is 51.4 Å². The summed E-state index contributed by atoms with van der Waals surface area (Å²) < 4.78 is 6.68. The zero-order valence-corrected chi connectivity index (χ0v) is 20.6. The van der Waals surface area contributed by atoms with Gasteiger partial charge >= 0.3 is 5.97 Å². The molecule has 1 N–H and O–H groups in total. The second kappa shape index (κ2) is 10.0. The Balaban J connectivity index is 1.75. The average Bonchev–Trinajstić information content (AvgIpc) is 2.78. The first-order valence-corrected chi connectivity index (χ1v) is 12.3. The molecule has 4 nitrogen and oxygen atoms in total. The Bertz CT molecular complexity index is 1090. The van der Waals surface area contributed by atoms with Crippen molar-refractivity contribution < 1.29 is 14.3 Å². The highest BCUT2D eigenvalue weighted by atomic mass is 127. The summed E-state index contributed by atoms with van der Waals surface area (Å²) in [4.78, 5) is 26.7. The number of allylic oxidation sites excluding steroid dienone is 3. The fourth-order valence-electron chi connectivity index (χ4n) is 4.68. The molecule has 0 bridgehead atoms. The molecule has 1 heterocycles. The van der Waals surface area contributed by atoms with Crippen LogP contribution in [0.1, 0.15) is 62.5 Å². The molecule has 2 unspecified atom stereocenters. The Morgan fingerprint density at radius 2 is 1.84 bits per heavy atom. The summed E-state index contributed by atoms with van der Waals surface area (Å²) in [5, 5.41) is 3.42. The quantitative estimate of drug-likeness (QED) is 0.277. The number of ether oxygens (including phenoxy) is 1. The molecule has 166 valence electrons. The monoisotopic (exact) mass is 541 g/mol. The van der Waals surface area contributed by atoms with Gasteiger partial charge in [0, 0.05) is 32.9 Å². The number of unbranched alkanes of at least 4 members (excludes halogenated alkanes) is 1. The van der Waals surface area contributed by atoms with Crippen LogP contribution in [0, 0.1) is 3.57 Å². The van der Waals surface area contributed by atoms with Gasteiger partial charge in [0.05, 0.1) is 12.2 Å². The number of hydrogen-bond acceptors (Lipinski definition) is 4. The van der Waals surface area contributed by atoms with Gasteiger partial charge in [-0.2, -0.15) is 0 Å². The minimum absolute atomic E-state index is 0.0998. The van der Waals surface area contributed by atoms with Crippen LogP contribution >= 0.6 is 22.6 Å². The number of benzene rings is 2. The summed E-state index contributed by atoms with van der Waals surface area (Å²) in [6.45, 7) is 4.37. The number of hydrogen-bond donors (Lipinski definition) is 1. The molecule has 5 heteroatoms. The number of esters is 1. The number of rotatable bonds is 6. The van der Waals surface area contributed by atoms with Crippen LogP contribution in [0.2, 0.25) is 0 Å². The van der Waals surface area contributed by atoms with Gasteiger partial charge in [-0.1, -0.05) is 55.8 Å². The topological polar surface area (TPSA) is 55.4 Å². The Morgan fingerprint density at radius 3 is 2.56 bits per heavy atom. The van der Waals surface area contributed by atoms with E-state index in [1.54, 1.807) is 0 Å². The summed E-state index contributed by atoms with van der Waals surface area (Å²) in [5.74, 6) is -0.503. The van der Waals surface area contributed by atoms with Gasteiger partial charge in [0.25, 0.3) is 0 Å². The van der Waals surface area contributed by atoms with Crippen molar-refractivity contribution in [1.29, 1.82) is 0 Å². The maximum Gasteiger partial charge on any atom is 0.336 e. The highest BCUT2D eigenvalue weighted by Gasteiger charge is 2.41. The van der Waals surface area contributed by atoms with Crippen molar-refractivity contribution >= 4 is 34.3 Å². The molecular weight excluding hydrogens is 513 g/mol. The van der Waals surface area contributed by atoms with Crippen molar-refractivity contribution in [3.05, 3.63) is 91.8 Å². The number of nitrogens with one attached hydrogen (secondary N) is 1. The van der Waals surface area contributed by atoms with Crippen LogP contribution in [0.4, 0.5) is 0 Å². The van der Waals surface area contributed by atoms with E-state index in [0.29, 0.717) is 24.2 Å². The van der Waals surface area contributed by atoms with Crippen molar-refractivity contribution in [2.24, 2.45) is 0 Å². The summed E-state index contributed by atoms with van der Waals surface area (Å²) in [6.07, 6.45) is 2.98. The molecule has 1 aliphatic carbocycles. The minimum atomic E-state index is -0.403. The first kappa shape index (κ1) is 22.8. The fraction of sp³-hybridized carbons (Fsp3) is 0.333. The third-order valence-electron chi connectivity index (χ3n) is 6.23. The summed E-state index contributed by atoms with van der Waals surface area (Å²) in [7, 11) is 0. The number of carbonyl (C=O) groups excluding carboxylic acids is 2. The molecule has 2 atom stereocenters. The van der Waals surface area contributed by atoms with E-state index in [9.17, 15) is 9.59 Å². The Hall–Kier alpha value is -2.41. The highest BCUT2D eigenvalue weighted by Crippen LogP contribution is 2.45. The van der Waals surface area contributed by atoms with Crippen molar-refractivity contribution in [2.75, 3.05) is 6.61 Å². The van der Waals surface area contributed by atoms with E-state index in [1.165, 1.54) is 5.56 Å². The molecule has 0 aromatic heterocycles. The highest BCUT2D eigenvalue weighted by molar-refractivity contribution is 14.1. The maximum atomic E-state index is 13.5. The molecule has 2 aliphatic rings. The zero-order chi connectivity index (χ0) is 22.7. The van der Waals surface area contributed by atoms with Crippen molar-refractivity contribution in [1.82, 2.24) is 5.32 Å². The summed E-state index contributed by atoms with van der Waals surface area (Å²) in [6, 6.07) is 18.3. The Morgan fingerprint density at radius 1 is 1.09 bits per heavy atom. The van der Waals surface area contributed by atoms with E-state index in [-0.39, 0.29) is 17.7 Å². The predicted octanol–water partition coefficient (Wildman–Crippen LogP) is 6.00. The van der Waals surface area contributed by atoms with E-state index in [4.69, 9.17) is 4.74 Å². The van der Waals surface area contributed by atoms with Gasteiger partial charge in [-0.25, -0.2) is 4.79 Å². The Labute approximate surface area is 203 Å².